The Balaban J connectivity index is 0.00000392. The van der Waals surface area contributed by atoms with Gasteiger partial charge in [0.15, 0.2) is 5.96 Å². The fraction of sp³-hybridized carbons (Fsp3) is 0.682. The number of nitrogens with zero attached hydrogens (tertiary/aromatic N) is 1. The SMILES string of the molecule is CCNC(=NCC(C)(C)c1ccccc1)NCCCOCC1CCOCC1.I. The summed E-state index contributed by atoms with van der Waals surface area (Å²) in [5, 5.41) is 6.76. The maximum Gasteiger partial charge on any atom is 0.191 e. The number of guanidine groups is 1. The average Bonchev–Trinajstić information content (AvgIpc) is 2.70. The number of halogens is 1. The third-order valence-electron chi connectivity index (χ3n) is 4.98. The van der Waals surface area contributed by atoms with Crippen LogP contribution in [0.2, 0.25) is 0 Å². The van der Waals surface area contributed by atoms with E-state index in [0.29, 0.717) is 5.92 Å². The Labute approximate surface area is 188 Å². The quantitative estimate of drug-likeness (QED) is 0.220. The van der Waals surface area contributed by atoms with Crippen molar-refractivity contribution < 1.29 is 9.47 Å². The number of ether oxygens (including phenoxy) is 2. The molecule has 1 aliphatic rings. The van der Waals surface area contributed by atoms with Crippen molar-refractivity contribution in [1.29, 1.82) is 0 Å². The molecule has 2 N–H and O–H groups in total. The summed E-state index contributed by atoms with van der Waals surface area (Å²) in [6.45, 7) is 12.5. The van der Waals surface area contributed by atoms with Crippen LogP contribution in [0.3, 0.4) is 0 Å². The average molecular weight is 503 g/mol. The summed E-state index contributed by atoms with van der Waals surface area (Å²) in [5.74, 6) is 1.55. The van der Waals surface area contributed by atoms with Crippen LogP contribution in [0.4, 0.5) is 0 Å². The topological polar surface area (TPSA) is 54.9 Å². The van der Waals surface area contributed by atoms with E-state index < -0.39 is 0 Å². The zero-order valence-electron chi connectivity index (χ0n) is 17.7. The second-order valence-corrected chi connectivity index (χ2v) is 7.86. The van der Waals surface area contributed by atoms with Gasteiger partial charge < -0.3 is 20.1 Å². The van der Waals surface area contributed by atoms with E-state index >= 15 is 0 Å². The molecular weight excluding hydrogens is 465 g/mol. The van der Waals surface area contributed by atoms with E-state index in [1.165, 1.54) is 5.56 Å². The molecule has 1 aromatic carbocycles. The molecule has 0 atom stereocenters. The fourth-order valence-electron chi connectivity index (χ4n) is 3.14. The van der Waals surface area contributed by atoms with Gasteiger partial charge in [0.05, 0.1) is 6.54 Å². The van der Waals surface area contributed by atoms with Gasteiger partial charge in [0, 0.05) is 44.9 Å². The Bertz CT molecular complexity index is 546. The number of hydrogen-bond acceptors (Lipinski definition) is 3. The third kappa shape index (κ3) is 9.56. The fourth-order valence-corrected chi connectivity index (χ4v) is 3.14. The van der Waals surface area contributed by atoms with Crippen LogP contribution in [0.1, 0.15) is 45.6 Å². The van der Waals surface area contributed by atoms with Crippen molar-refractivity contribution in [3.8, 4) is 0 Å². The summed E-state index contributed by atoms with van der Waals surface area (Å²) in [5.41, 5.74) is 1.32. The molecule has 160 valence electrons. The van der Waals surface area contributed by atoms with Crippen LogP contribution in [-0.4, -0.2) is 52.0 Å². The first kappa shape index (κ1) is 25.2. The molecule has 0 aromatic heterocycles. The highest BCUT2D eigenvalue weighted by molar-refractivity contribution is 14.0. The molecule has 1 aliphatic heterocycles. The van der Waals surface area contributed by atoms with Crippen molar-refractivity contribution in [2.24, 2.45) is 10.9 Å². The summed E-state index contributed by atoms with van der Waals surface area (Å²) in [4.78, 5) is 4.79. The predicted octanol–water partition coefficient (Wildman–Crippen LogP) is 3.97. The van der Waals surface area contributed by atoms with Crippen LogP contribution in [0, 0.1) is 5.92 Å². The maximum absolute atomic E-state index is 5.83. The highest BCUT2D eigenvalue weighted by Gasteiger charge is 2.20. The third-order valence-corrected chi connectivity index (χ3v) is 4.98. The number of nitrogens with one attached hydrogen (secondary N) is 2. The number of rotatable bonds is 10. The molecule has 0 spiro atoms. The van der Waals surface area contributed by atoms with Gasteiger partial charge in [-0.1, -0.05) is 44.2 Å². The van der Waals surface area contributed by atoms with E-state index in [0.717, 1.165) is 71.3 Å². The van der Waals surface area contributed by atoms with E-state index in [4.69, 9.17) is 14.5 Å². The van der Waals surface area contributed by atoms with Gasteiger partial charge >= 0.3 is 0 Å². The second kappa shape index (κ2) is 14.2. The standard InChI is InChI=1S/C22H37N3O2.HI/c1-4-23-21(25-18-22(2,3)20-9-6-5-7-10-20)24-13-8-14-27-17-19-11-15-26-16-12-19;/h5-7,9-10,19H,4,8,11-18H2,1-3H3,(H2,23,24,25);1H. The predicted molar refractivity (Wildman–Crippen MR) is 128 cm³/mol. The first-order valence-electron chi connectivity index (χ1n) is 10.3. The van der Waals surface area contributed by atoms with Crippen molar-refractivity contribution in [1.82, 2.24) is 10.6 Å². The van der Waals surface area contributed by atoms with E-state index in [2.05, 4.69) is 61.7 Å². The van der Waals surface area contributed by atoms with E-state index in [1.807, 2.05) is 0 Å². The van der Waals surface area contributed by atoms with Crippen molar-refractivity contribution in [2.75, 3.05) is 46.1 Å². The molecule has 0 radical (unpaired) electrons. The molecular formula is C22H38IN3O2. The lowest BCUT2D eigenvalue weighted by atomic mass is 9.85. The van der Waals surface area contributed by atoms with Gasteiger partial charge in [-0.15, -0.1) is 24.0 Å². The minimum Gasteiger partial charge on any atom is -0.381 e. The maximum atomic E-state index is 5.83. The molecule has 1 heterocycles. The second-order valence-electron chi connectivity index (χ2n) is 7.86. The van der Waals surface area contributed by atoms with Crippen molar-refractivity contribution >= 4 is 29.9 Å². The van der Waals surface area contributed by atoms with Gasteiger partial charge in [0.1, 0.15) is 0 Å². The molecule has 28 heavy (non-hydrogen) atoms. The summed E-state index contributed by atoms with van der Waals surface area (Å²) in [6.07, 6.45) is 3.25. The van der Waals surface area contributed by atoms with Crippen LogP contribution in [0.25, 0.3) is 0 Å². The van der Waals surface area contributed by atoms with Gasteiger partial charge in [-0.05, 0) is 37.7 Å². The molecule has 6 heteroatoms. The first-order chi connectivity index (χ1) is 13.1. The molecule has 0 aliphatic carbocycles. The van der Waals surface area contributed by atoms with Crippen molar-refractivity contribution in [3.05, 3.63) is 35.9 Å². The van der Waals surface area contributed by atoms with Crippen LogP contribution < -0.4 is 10.6 Å². The summed E-state index contributed by atoms with van der Waals surface area (Å²) in [7, 11) is 0. The Kier molecular flexibility index (Phi) is 12.7. The van der Waals surface area contributed by atoms with Crippen LogP contribution in [0.15, 0.2) is 35.3 Å². The molecule has 5 nitrogen and oxygen atoms in total. The number of hydrogen-bond donors (Lipinski definition) is 2. The van der Waals surface area contributed by atoms with Crippen LogP contribution in [-0.2, 0) is 14.9 Å². The number of benzene rings is 1. The lowest BCUT2D eigenvalue weighted by Gasteiger charge is -2.24. The zero-order valence-corrected chi connectivity index (χ0v) is 20.0. The first-order valence-corrected chi connectivity index (χ1v) is 10.3. The highest BCUT2D eigenvalue weighted by atomic mass is 127. The molecule has 1 aromatic rings. The van der Waals surface area contributed by atoms with Crippen LogP contribution in [0.5, 0.6) is 0 Å². The zero-order chi connectivity index (χ0) is 19.4. The Morgan fingerprint density at radius 2 is 1.89 bits per heavy atom. The molecule has 2 rings (SSSR count). The smallest absolute Gasteiger partial charge is 0.191 e. The van der Waals surface area contributed by atoms with E-state index in [9.17, 15) is 0 Å². The molecule has 1 saturated heterocycles. The van der Waals surface area contributed by atoms with Gasteiger partial charge in [0.25, 0.3) is 0 Å². The van der Waals surface area contributed by atoms with Gasteiger partial charge in [-0.25, -0.2) is 0 Å². The summed E-state index contributed by atoms with van der Waals surface area (Å²) >= 11 is 0. The largest absolute Gasteiger partial charge is 0.381 e. The Morgan fingerprint density at radius 3 is 2.57 bits per heavy atom. The van der Waals surface area contributed by atoms with E-state index in [1.54, 1.807) is 0 Å². The van der Waals surface area contributed by atoms with Crippen molar-refractivity contribution in [2.45, 2.75) is 45.4 Å². The lowest BCUT2D eigenvalue weighted by Crippen LogP contribution is -2.39. The Morgan fingerprint density at radius 1 is 1.18 bits per heavy atom. The monoisotopic (exact) mass is 503 g/mol. The normalized spacial score (nSPS) is 15.8. The van der Waals surface area contributed by atoms with Crippen molar-refractivity contribution in [3.63, 3.8) is 0 Å². The summed E-state index contributed by atoms with van der Waals surface area (Å²) < 4.78 is 11.2. The minimum absolute atomic E-state index is 0. The van der Waals surface area contributed by atoms with E-state index in [-0.39, 0.29) is 29.4 Å². The molecule has 0 bridgehead atoms. The lowest BCUT2D eigenvalue weighted by molar-refractivity contribution is 0.0203. The van der Waals surface area contributed by atoms with Gasteiger partial charge in [-0.3, -0.25) is 4.99 Å². The summed E-state index contributed by atoms with van der Waals surface area (Å²) in [6, 6.07) is 10.6. The van der Waals surface area contributed by atoms with Gasteiger partial charge in [-0.2, -0.15) is 0 Å². The number of aliphatic imine (C=N–C) groups is 1. The van der Waals surface area contributed by atoms with Crippen LogP contribution >= 0.6 is 24.0 Å². The van der Waals surface area contributed by atoms with Gasteiger partial charge in [0.2, 0.25) is 0 Å². The molecule has 1 fully saturated rings. The Hall–Kier alpha value is -0.860. The molecule has 0 unspecified atom stereocenters. The molecule has 0 amide bonds. The molecule has 0 saturated carbocycles. The minimum atomic E-state index is 0. The highest BCUT2D eigenvalue weighted by Crippen LogP contribution is 2.22.